The fourth-order valence-corrected chi connectivity index (χ4v) is 7.68. The molecule has 4 heterocycles. The number of ether oxygens (including phenoxy) is 1. The first kappa shape index (κ1) is 37.5. The molecule has 3 aliphatic heterocycles. The number of rotatable bonds is 11. The van der Waals surface area contributed by atoms with Crippen LogP contribution >= 0.6 is 0 Å². The molecule has 12 nitrogen and oxygen atoms in total. The van der Waals surface area contributed by atoms with Crippen molar-refractivity contribution in [2.45, 2.75) is 90.9 Å². The molecule has 2 saturated heterocycles. The Morgan fingerprint density at radius 2 is 1.30 bits per heavy atom. The number of allylic oxidation sites excluding steroid dienone is 1. The summed E-state index contributed by atoms with van der Waals surface area (Å²) in [5.41, 5.74) is 7.24. The Kier molecular flexibility index (Phi) is 11.4. The molecular weight excluding hydrogens is 670 g/mol. The van der Waals surface area contributed by atoms with Crippen LogP contribution in [0.2, 0.25) is 0 Å². The zero-order chi connectivity index (χ0) is 37.8. The van der Waals surface area contributed by atoms with Crippen molar-refractivity contribution in [1.29, 1.82) is 0 Å². The van der Waals surface area contributed by atoms with Crippen molar-refractivity contribution in [3.05, 3.63) is 72.3 Å². The minimum absolute atomic E-state index is 0.0225. The van der Waals surface area contributed by atoms with E-state index in [-0.39, 0.29) is 41.6 Å². The maximum Gasteiger partial charge on any atom is 0.407 e. The lowest BCUT2D eigenvalue weighted by Crippen LogP contribution is -2.53. The van der Waals surface area contributed by atoms with Crippen LogP contribution in [0.1, 0.15) is 84.2 Å². The standard InChI is InChI=1S/C41H51N7O5/c1-24(2)36(44-26(5)49)39(50)48-20-8-10-35(48)38-43-23-33(45-38)30-17-15-28(16-18-30)27-11-13-29(14-12-27)31-21-32(42-22-31)34-9-7-19-47(34)40(51)37(25(3)4)46-41(52)53-6/h11-18,22-25,34-37H,7-10,19-21H2,1-6H3,(H,43,45)(H,44,49)(H,46,52)/t34-,35-,36-,37-/m0/s1. The fourth-order valence-electron chi connectivity index (χ4n) is 7.68. The molecule has 0 saturated carbocycles. The summed E-state index contributed by atoms with van der Waals surface area (Å²) in [5.74, 6) is 0.277. The van der Waals surface area contributed by atoms with Gasteiger partial charge in [-0.15, -0.1) is 0 Å². The maximum atomic E-state index is 13.5. The Labute approximate surface area is 311 Å². The smallest absolute Gasteiger partial charge is 0.407 e. The molecule has 2 fully saturated rings. The van der Waals surface area contributed by atoms with Crippen molar-refractivity contribution in [2.75, 3.05) is 20.2 Å². The first-order valence-electron chi connectivity index (χ1n) is 18.7. The van der Waals surface area contributed by atoms with E-state index < -0.39 is 18.2 Å². The molecule has 12 heteroatoms. The molecule has 3 aromatic rings. The monoisotopic (exact) mass is 721 g/mol. The Morgan fingerprint density at radius 1 is 0.774 bits per heavy atom. The molecule has 1 aromatic heterocycles. The third-order valence-electron chi connectivity index (χ3n) is 10.6. The van der Waals surface area contributed by atoms with Gasteiger partial charge in [-0.3, -0.25) is 19.4 Å². The van der Waals surface area contributed by atoms with E-state index in [1.807, 2.05) is 49.9 Å². The third kappa shape index (κ3) is 8.21. The van der Waals surface area contributed by atoms with Crippen LogP contribution in [0.15, 0.2) is 65.9 Å². The number of alkyl carbamates (subject to hydrolysis) is 1. The molecule has 0 spiro atoms. The number of likely N-dealkylation sites (tertiary alicyclic amines) is 2. The van der Waals surface area contributed by atoms with E-state index in [2.05, 4.69) is 69.1 Å². The number of nitrogens with zero attached hydrogens (tertiary/aromatic N) is 4. The molecule has 4 atom stereocenters. The second-order valence-electron chi connectivity index (χ2n) is 14.9. The number of aromatic nitrogens is 2. The van der Waals surface area contributed by atoms with Crippen LogP contribution in [0.3, 0.4) is 0 Å². The van der Waals surface area contributed by atoms with E-state index in [1.165, 1.54) is 14.0 Å². The van der Waals surface area contributed by atoms with Crippen LogP contribution in [0.25, 0.3) is 28.0 Å². The summed E-state index contributed by atoms with van der Waals surface area (Å²) in [7, 11) is 1.30. The van der Waals surface area contributed by atoms with Crippen LogP contribution in [0.5, 0.6) is 0 Å². The number of hydrogen-bond donors (Lipinski definition) is 3. The average Bonchev–Trinajstić information content (AvgIpc) is 3.98. The highest BCUT2D eigenvalue weighted by Crippen LogP contribution is 2.34. The predicted molar refractivity (Wildman–Crippen MR) is 205 cm³/mol. The van der Waals surface area contributed by atoms with E-state index in [9.17, 15) is 19.2 Å². The van der Waals surface area contributed by atoms with Gasteiger partial charge in [-0.25, -0.2) is 9.78 Å². The van der Waals surface area contributed by atoms with E-state index in [0.717, 1.165) is 70.7 Å². The van der Waals surface area contributed by atoms with Gasteiger partial charge in [0.15, 0.2) is 0 Å². The van der Waals surface area contributed by atoms with Crippen molar-refractivity contribution in [1.82, 2.24) is 30.4 Å². The molecule has 0 unspecified atom stereocenters. The molecule has 3 aliphatic rings. The van der Waals surface area contributed by atoms with Crippen molar-refractivity contribution < 1.29 is 23.9 Å². The highest BCUT2D eigenvalue weighted by molar-refractivity contribution is 6.04. The third-order valence-corrected chi connectivity index (χ3v) is 10.6. The number of carbonyl (C=O) groups excluding carboxylic acids is 4. The number of hydrogen-bond acceptors (Lipinski definition) is 7. The van der Waals surface area contributed by atoms with Crippen LogP contribution in [0.4, 0.5) is 4.79 Å². The van der Waals surface area contributed by atoms with Crippen LogP contribution in [-0.2, 0) is 19.1 Å². The number of nitrogens with one attached hydrogen (secondary N) is 3. The molecule has 0 radical (unpaired) electrons. The maximum absolute atomic E-state index is 13.5. The van der Waals surface area contributed by atoms with E-state index in [0.29, 0.717) is 19.5 Å². The number of aromatic amines is 1. The topological polar surface area (TPSA) is 149 Å². The van der Waals surface area contributed by atoms with Gasteiger partial charge in [-0.05, 0) is 65.3 Å². The number of imidazole rings is 1. The van der Waals surface area contributed by atoms with E-state index in [4.69, 9.17) is 9.73 Å². The minimum atomic E-state index is -0.656. The first-order chi connectivity index (χ1) is 25.4. The largest absolute Gasteiger partial charge is 0.453 e. The summed E-state index contributed by atoms with van der Waals surface area (Å²) in [6, 6.07) is 15.3. The van der Waals surface area contributed by atoms with Gasteiger partial charge in [0.05, 0.1) is 31.1 Å². The second-order valence-corrected chi connectivity index (χ2v) is 14.9. The SMILES string of the molecule is COC(=O)N[C@H](C(=O)N1CCC[C@H]1C1=NC=C(c2ccc(-c3ccc(-c4cnc([C@@H]5CCCN5C(=O)[C@@H](NC(C)=O)C(C)C)[nH]4)cc3)cc2)C1)C(C)C. The summed E-state index contributed by atoms with van der Waals surface area (Å²) in [5, 5.41) is 5.54. The van der Waals surface area contributed by atoms with Crippen molar-refractivity contribution in [2.24, 2.45) is 16.8 Å². The Balaban J connectivity index is 1.07. The Hall–Kier alpha value is -5.26. The van der Waals surface area contributed by atoms with Gasteiger partial charge in [0, 0.05) is 38.3 Å². The van der Waals surface area contributed by atoms with Gasteiger partial charge in [-0.2, -0.15) is 0 Å². The summed E-state index contributed by atoms with van der Waals surface area (Å²) in [6.07, 6.45) is 7.24. The zero-order valence-electron chi connectivity index (χ0n) is 31.5. The second kappa shape index (κ2) is 16.2. The number of H-pyrrole nitrogens is 1. The van der Waals surface area contributed by atoms with Crippen molar-refractivity contribution in [3.63, 3.8) is 0 Å². The van der Waals surface area contributed by atoms with Gasteiger partial charge >= 0.3 is 6.09 Å². The zero-order valence-corrected chi connectivity index (χ0v) is 31.5. The average molecular weight is 722 g/mol. The number of methoxy groups -OCH3 is 1. The van der Waals surface area contributed by atoms with E-state index >= 15 is 0 Å². The van der Waals surface area contributed by atoms with Crippen molar-refractivity contribution >= 4 is 35.1 Å². The lowest BCUT2D eigenvalue weighted by atomic mass is 9.95. The quantitative estimate of drug-likeness (QED) is 0.217. The number of carbonyl (C=O) groups is 4. The van der Waals surface area contributed by atoms with E-state index in [1.54, 1.807) is 0 Å². The molecule has 6 rings (SSSR count). The Morgan fingerprint density at radius 3 is 1.87 bits per heavy atom. The van der Waals surface area contributed by atoms with Crippen LogP contribution < -0.4 is 10.6 Å². The summed E-state index contributed by atoms with van der Waals surface area (Å²) in [6.45, 7) is 10.4. The van der Waals surface area contributed by atoms with Gasteiger partial charge < -0.3 is 30.2 Å². The normalized spacial score (nSPS) is 19.6. The molecule has 3 N–H and O–H groups in total. The lowest BCUT2D eigenvalue weighted by Gasteiger charge is -2.31. The lowest BCUT2D eigenvalue weighted by molar-refractivity contribution is -0.138. The van der Waals surface area contributed by atoms with Crippen molar-refractivity contribution in [3.8, 4) is 22.4 Å². The molecular formula is C41H51N7O5. The molecule has 280 valence electrons. The Bertz CT molecular complexity index is 1880. The highest BCUT2D eigenvalue weighted by atomic mass is 16.5. The van der Waals surface area contributed by atoms with Gasteiger partial charge in [0.1, 0.15) is 17.9 Å². The van der Waals surface area contributed by atoms with Crippen LogP contribution in [-0.4, -0.2) is 87.6 Å². The summed E-state index contributed by atoms with van der Waals surface area (Å²) < 4.78 is 4.76. The number of benzene rings is 2. The minimum Gasteiger partial charge on any atom is -0.453 e. The van der Waals surface area contributed by atoms with Crippen LogP contribution in [0, 0.1) is 11.8 Å². The van der Waals surface area contributed by atoms with Gasteiger partial charge in [0.25, 0.3) is 0 Å². The predicted octanol–water partition coefficient (Wildman–Crippen LogP) is 6.13. The number of amides is 4. The summed E-state index contributed by atoms with van der Waals surface area (Å²) in [4.78, 5) is 67.4. The van der Waals surface area contributed by atoms with Gasteiger partial charge in [0.2, 0.25) is 17.7 Å². The number of aliphatic imine (C=N–C) groups is 1. The summed E-state index contributed by atoms with van der Waals surface area (Å²) >= 11 is 0. The molecule has 53 heavy (non-hydrogen) atoms. The molecule has 4 amide bonds. The highest BCUT2D eigenvalue weighted by Gasteiger charge is 2.39. The molecule has 0 aliphatic carbocycles. The molecule has 2 aromatic carbocycles. The van der Waals surface area contributed by atoms with Gasteiger partial charge in [-0.1, -0.05) is 76.2 Å². The molecule has 0 bridgehead atoms. The fraction of sp³-hybridized carbons (Fsp3) is 0.463. The first-order valence-corrected chi connectivity index (χ1v) is 18.7.